The lowest BCUT2D eigenvalue weighted by atomic mass is 10.2. The van der Waals surface area contributed by atoms with Crippen molar-refractivity contribution in [2.24, 2.45) is 0 Å². The second-order valence-electron chi connectivity index (χ2n) is 6.17. The average Bonchev–Trinajstić information content (AvgIpc) is 3.04. The minimum atomic E-state index is -0.734. The molecule has 1 heterocycles. The quantitative estimate of drug-likeness (QED) is 0.695. The van der Waals surface area contributed by atoms with Gasteiger partial charge in [-0.15, -0.1) is 0 Å². The number of fused-ring (bicyclic) bond motifs is 1. The molecule has 0 bridgehead atoms. The van der Waals surface area contributed by atoms with Crippen LogP contribution in [-0.2, 0) is 25.6 Å². The molecule has 0 spiro atoms. The molecular weight excluding hydrogens is 366 g/mol. The van der Waals surface area contributed by atoms with E-state index in [0.717, 1.165) is 6.42 Å². The zero-order valence-corrected chi connectivity index (χ0v) is 16.0. The van der Waals surface area contributed by atoms with Crippen LogP contribution in [0.25, 0.3) is 10.9 Å². The summed E-state index contributed by atoms with van der Waals surface area (Å²) in [7, 11) is 1.28. The molecule has 3 amide bonds. The number of benzene rings is 1. The molecule has 0 fully saturated rings. The predicted molar refractivity (Wildman–Crippen MR) is 101 cm³/mol. The van der Waals surface area contributed by atoms with Gasteiger partial charge in [0.1, 0.15) is 6.54 Å². The standard InChI is InChI=1S/C19H23N3O6/c1-4-12(2)20-19(26)21-16(23)11-28-17(24)10-22-9-14(18(25)27-3)13-7-5-6-8-15(13)22/h5-9,12H,4,10-11H2,1-3H3,(H2,20,21,23,26)/t12-/m0/s1. The highest BCUT2D eigenvalue weighted by Crippen LogP contribution is 2.22. The number of rotatable bonds is 7. The number of ether oxygens (including phenoxy) is 2. The first kappa shape index (κ1) is 20.9. The molecule has 0 radical (unpaired) electrons. The number of amides is 3. The molecule has 1 aromatic heterocycles. The Kier molecular flexibility index (Phi) is 7.14. The summed E-state index contributed by atoms with van der Waals surface area (Å²) in [5, 5.41) is 5.29. The van der Waals surface area contributed by atoms with Gasteiger partial charge < -0.3 is 19.4 Å². The highest BCUT2D eigenvalue weighted by atomic mass is 16.5. The van der Waals surface area contributed by atoms with Crippen molar-refractivity contribution in [3.05, 3.63) is 36.0 Å². The van der Waals surface area contributed by atoms with Crippen LogP contribution in [0.2, 0.25) is 0 Å². The first-order valence-electron chi connectivity index (χ1n) is 8.77. The summed E-state index contributed by atoms with van der Waals surface area (Å²) in [6.45, 7) is 2.90. The summed E-state index contributed by atoms with van der Waals surface area (Å²) in [5.74, 6) is -1.94. The van der Waals surface area contributed by atoms with Gasteiger partial charge in [-0.1, -0.05) is 25.1 Å². The van der Waals surface area contributed by atoms with Crippen molar-refractivity contribution in [2.45, 2.75) is 32.9 Å². The van der Waals surface area contributed by atoms with Gasteiger partial charge in [-0.3, -0.25) is 14.9 Å². The largest absolute Gasteiger partial charge is 0.465 e. The van der Waals surface area contributed by atoms with E-state index in [1.165, 1.54) is 17.9 Å². The summed E-state index contributed by atoms with van der Waals surface area (Å²) in [5.41, 5.74) is 0.975. The molecule has 0 saturated carbocycles. The lowest BCUT2D eigenvalue weighted by Gasteiger charge is -2.12. The fourth-order valence-electron chi connectivity index (χ4n) is 2.51. The molecule has 2 rings (SSSR count). The van der Waals surface area contributed by atoms with Crippen LogP contribution in [-0.4, -0.2) is 48.2 Å². The van der Waals surface area contributed by atoms with E-state index in [1.54, 1.807) is 31.2 Å². The van der Waals surface area contributed by atoms with Gasteiger partial charge in [-0.2, -0.15) is 0 Å². The number of aromatic nitrogens is 1. The van der Waals surface area contributed by atoms with Crippen LogP contribution in [0.5, 0.6) is 0 Å². The number of para-hydroxylation sites is 1. The van der Waals surface area contributed by atoms with Gasteiger partial charge in [0.2, 0.25) is 0 Å². The summed E-state index contributed by atoms with van der Waals surface area (Å²) < 4.78 is 11.2. The fourth-order valence-corrected chi connectivity index (χ4v) is 2.51. The SMILES string of the molecule is CC[C@H](C)NC(=O)NC(=O)COC(=O)Cn1cc(C(=O)OC)c2ccccc21. The molecule has 28 heavy (non-hydrogen) atoms. The molecule has 9 nitrogen and oxygen atoms in total. The maximum atomic E-state index is 12.1. The van der Waals surface area contributed by atoms with Crippen molar-refractivity contribution in [2.75, 3.05) is 13.7 Å². The lowest BCUT2D eigenvalue weighted by Crippen LogP contribution is -2.44. The van der Waals surface area contributed by atoms with E-state index >= 15 is 0 Å². The molecule has 0 aliphatic carbocycles. The van der Waals surface area contributed by atoms with Crippen molar-refractivity contribution in [1.29, 1.82) is 0 Å². The lowest BCUT2D eigenvalue weighted by molar-refractivity contribution is -0.148. The summed E-state index contributed by atoms with van der Waals surface area (Å²) in [6.07, 6.45) is 2.21. The minimum Gasteiger partial charge on any atom is -0.465 e. The first-order chi connectivity index (χ1) is 13.3. The summed E-state index contributed by atoms with van der Waals surface area (Å²) >= 11 is 0. The topological polar surface area (TPSA) is 116 Å². The van der Waals surface area contributed by atoms with Crippen LogP contribution >= 0.6 is 0 Å². The number of hydrogen-bond donors (Lipinski definition) is 2. The van der Waals surface area contributed by atoms with Crippen molar-refractivity contribution >= 4 is 34.8 Å². The number of methoxy groups -OCH3 is 1. The normalized spacial score (nSPS) is 11.5. The molecule has 2 N–H and O–H groups in total. The Morgan fingerprint density at radius 2 is 1.89 bits per heavy atom. The number of hydrogen-bond acceptors (Lipinski definition) is 6. The second kappa shape index (κ2) is 9.54. The third-order valence-electron chi connectivity index (χ3n) is 4.10. The highest BCUT2D eigenvalue weighted by Gasteiger charge is 2.18. The molecule has 0 saturated heterocycles. The molecule has 1 atom stereocenters. The Morgan fingerprint density at radius 1 is 1.18 bits per heavy atom. The van der Waals surface area contributed by atoms with Gasteiger partial charge in [0, 0.05) is 23.1 Å². The molecule has 0 aliphatic heterocycles. The molecule has 9 heteroatoms. The zero-order chi connectivity index (χ0) is 20.7. The number of urea groups is 1. The van der Waals surface area contributed by atoms with Gasteiger partial charge in [-0.05, 0) is 19.4 Å². The highest BCUT2D eigenvalue weighted by molar-refractivity contribution is 6.04. The summed E-state index contributed by atoms with van der Waals surface area (Å²) in [4.78, 5) is 47.3. The van der Waals surface area contributed by atoms with Crippen molar-refractivity contribution < 1.29 is 28.7 Å². The van der Waals surface area contributed by atoms with Crippen molar-refractivity contribution in [1.82, 2.24) is 15.2 Å². The Balaban J connectivity index is 1.96. The Morgan fingerprint density at radius 3 is 2.57 bits per heavy atom. The number of carbonyl (C=O) groups is 4. The third kappa shape index (κ3) is 5.32. The Labute approximate surface area is 162 Å². The number of nitrogens with one attached hydrogen (secondary N) is 2. The van der Waals surface area contributed by atoms with Gasteiger partial charge in [0.25, 0.3) is 5.91 Å². The predicted octanol–water partition coefficient (Wildman–Crippen LogP) is 1.60. The maximum absolute atomic E-state index is 12.1. The number of nitrogens with zero attached hydrogens (tertiary/aromatic N) is 1. The molecule has 2 aromatic rings. The van der Waals surface area contributed by atoms with Gasteiger partial charge in [0.15, 0.2) is 6.61 Å². The number of carbonyl (C=O) groups excluding carboxylic acids is 4. The van der Waals surface area contributed by atoms with Crippen LogP contribution in [0.1, 0.15) is 30.6 Å². The fraction of sp³-hybridized carbons (Fsp3) is 0.368. The monoisotopic (exact) mass is 389 g/mol. The Bertz CT molecular complexity index is 889. The smallest absolute Gasteiger partial charge is 0.340 e. The maximum Gasteiger partial charge on any atom is 0.340 e. The first-order valence-corrected chi connectivity index (χ1v) is 8.77. The molecule has 0 unspecified atom stereocenters. The van der Waals surface area contributed by atoms with Crippen molar-refractivity contribution in [3.63, 3.8) is 0 Å². The third-order valence-corrected chi connectivity index (χ3v) is 4.10. The molecular formula is C19H23N3O6. The second-order valence-corrected chi connectivity index (χ2v) is 6.17. The van der Waals surface area contributed by atoms with Crippen LogP contribution in [0.4, 0.5) is 4.79 Å². The number of esters is 2. The van der Waals surface area contributed by atoms with Gasteiger partial charge in [-0.25, -0.2) is 9.59 Å². The van der Waals surface area contributed by atoms with E-state index in [4.69, 9.17) is 9.47 Å². The van der Waals surface area contributed by atoms with E-state index < -0.39 is 30.5 Å². The van der Waals surface area contributed by atoms with E-state index in [1.807, 2.05) is 6.92 Å². The van der Waals surface area contributed by atoms with Gasteiger partial charge >= 0.3 is 18.0 Å². The Hall–Kier alpha value is -3.36. The van der Waals surface area contributed by atoms with Crippen LogP contribution < -0.4 is 10.6 Å². The molecule has 1 aromatic carbocycles. The van der Waals surface area contributed by atoms with Crippen LogP contribution in [0, 0.1) is 0 Å². The van der Waals surface area contributed by atoms with Crippen molar-refractivity contribution in [3.8, 4) is 0 Å². The van der Waals surface area contributed by atoms with E-state index in [0.29, 0.717) is 16.5 Å². The minimum absolute atomic E-state index is 0.0821. The van der Waals surface area contributed by atoms with E-state index in [9.17, 15) is 19.2 Å². The summed E-state index contributed by atoms with van der Waals surface area (Å²) in [6, 6.07) is 6.31. The van der Waals surface area contributed by atoms with E-state index in [-0.39, 0.29) is 12.6 Å². The average molecular weight is 389 g/mol. The molecule has 0 aliphatic rings. The van der Waals surface area contributed by atoms with Crippen LogP contribution in [0.15, 0.2) is 30.5 Å². The van der Waals surface area contributed by atoms with Crippen LogP contribution in [0.3, 0.4) is 0 Å². The van der Waals surface area contributed by atoms with E-state index in [2.05, 4.69) is 10.6 Å². The molecule has 150 valence electrons. The zero-order valence-electron chi connectivity index (χ0n) is 16.0. The number of imide groups is 1. The van der Waals surface area contributed by atoms with Gasteiger partial charge in [0.05, 0.1) is 12.7 Å².